The van der Waals surface area contributed by atoms with Crippen molar-refractivity contribution in [2.75, 3.05) is 184 Å². The van der Waals surface area contributed by atoms with E-state index in [9.17, 15) is 19.2 Å². The number of ether oxygens (including phenoxy) is 12. The fraction of sp³-hybridized carbons (Fsp3) is 0.905. The van der Waals surface area contributed by atoms with Gasteiger partial charge in [-0.1, -0.05) is 0 Å². The Morgan fingerprint density at radius 1 is 0.365 bits per heavy atom. The number of hydrogen-bond acceptors (Lipinski definition) is 21. The Hall–Kier alpha value is -1.61. The Labute approximate surface area is 380 Å². The quantitative estimate of drug-likeness (QED) is 0.0387. The molecular formula is C42H82N4O16S. The van der Waals surface area contributed by atoms with E-state index in [1.165, 1.54) is 0 Å². The largest absolute Gasteiger partial charge is 0.379 e. The third kappa shape index (κ3) is 41.6. The molecule has 0 rings (SSSR count). The molecule has 372 valence electrons. The predicted octanol–water partition coefficient (Wildman–Crippen LogP) is -0.298. The van der Waals surface area contributed by atoms with Gasteiger partial charge >= 0.3 is 0 Å². The maximum absolute atomic E-state index is 11.8. The molecule has 0 spiro atoms. The summed E-state index contributed by atoms with van der Waals surface area (Å²) >= 11 is 4.06. The average molecular weight is 931 g/mol. The van der Waals surface area contributed by atoms with Crippen LogP contribution >= 0.6 is 12.6 Å². The lowest BCUT2D eigenvalue weighted by atomic mass is 9.92. The van der Waals surface area contributed by atoms with Crippen LogP contribution in [0.2, 0.25) is 0 Å². The van der Waals surface area contributed by atoms with Crippen LogP contribution in [0.3, 0.4) is 0 Å². The van der Waals surface area contributed by atoms with Crippen molar-refractivity contribution in [3.63, 3.8) is 0 Å². The molecule has 0 heterocycles. The van der Waals surface area contributed by atoms with Gasteiger partial charge in [-0.05, 0) is 25.7 Å². The second-order valence-electron chi connectivity index (χ2n) is 14.5. The molecule has 0 radical (unpaired) electrons. The molecule has 0 fully saturated rings. The molecule has 63 heavy (non-hydrogen) atoms. The zero-order chi connectivity index (χ0) is 46.3. The second-order valence-corrected chi connectivity index (χ2v) is 14.9. The number of nitrogens with two attached hydrogens (primary N) is 4. The summed E-state index contributed by atoms with van der Waals surface area (Å²) in [6.07, 6.45) is 3.99. The van der Waals surface area contributed by atoms with Gasteiger partial charge in [-0.3, -0.25) is 19.2 Å². The fourth-order valence-electron chi connectivity index (χ4n) is 5.22. The van der Waals surface area contributed by atoms with Crippen molar-refractivity contribution in [1.29, 1.82) is 0 Å². The molecule has 0 aliphatic rings. The Bertz CT molecular complexity index is 994. The molecule has 0 aromatic rings. The van der Waals surface area contributed by atoms with Crippen molar-refractivity contribution in [2.24, 2.45) is 28.3 Å². The minimum atomic E-state index is -0.714. The van der Waals surface area contributed by atoms with Gasteiger partial charge in [0.25, 0.3) is 0 Å². The van der Waals surface area contributed by atoms with Crippen LogP contribution in [-0.4, -0.2) is 213 Å². The van der Waals surface area contributed by atoms with Crippen LogP contribution in [0, 0.1) is 5.41 Å². The first-order valence-electron chi connectivity index (χ1n) is 22.2. The summed E-state index contributed by atoms with van der Waals surface area (Å²) in [6, 6.07) is -0.548. The summed E-state index contributed by atoms with van der Waals surface area (Å²) < 4.78 is 69.3. The number of rotatable bonds is 53. The second kappa shape index (κ2) is 46.9. The highest BCUT2D eigenvalue weighted by Gasteiger charge is 2.32. The highest BCUT2D eigenvalue weighted by Crippen LogP contribution is 2.21. The predicted molar refractivity (Wildman–Crippen MR) is 238 cm³/mol. The highest BCUT2D eigenvalue weighted by molar-refractivity contribution is 7.80. The first-order chi connectivity index (χ1) is 30.7. The van der Waals surface area contributed by atoms with E-state index in [0.29, 0.717) is 189 Å². The third-order valence-corrected chi connectivity index (χ3v) is 9.24. The summed E-state index contributed by atoms with van der Waals surface area (Å²) in [6.45, 7) is 8.48. The molecular weight excluding hydrogens is 849 g/mol. The van der Waals surface area contributed by atoms with E-state index in [1.807, 2.05) is 0 Å². The van der Waals surface area contributed by atoms with Crippen molar-refractivity contribution in [3.05, 3.63) is 0 Å². The number of ketones is 4. The van der Waals surface area contributed by atoms with Crippen LogP contribution in [-0.2, 0) is 76.0 Å². The van der Waals surface area contributed by atoms with E-state index >= 15 is 0 Å². The summed E-state index contributed by atoms with van der Waals surface area (Å²) in [5, 5.41) is 0. The SMILES string of the molecule is NCC(=O)CCCOCCOCCOCC(COCCOCCOCCCC(=O)CN)(COCCOCCOCCCC(=O)CN)COCCOCCOCCCC(=O)C(N)CS. The normalized spacial score (nSPS) is 12.3. The van der Waals surface area contributed by atoms with Gasteiger partial charge in [-0.2, -0.15) is 12.6 Å². The average Bonchev–Trinajstić information content (AvgIpc) is 3.29. The molecule has 1 atom stereocenters. The van der Waals surface area contributed by atoms with Crippen molar-refractivity contribution >= 4 is 35.8 Å². The lowest BCUT2D eigenvalue weighted by molar-refractivity contribution is -0.123. The zero-order valence-corrected chi connectivity index (χ0v) is 38.7. The first-order valence-corrected chi connectivity index (χ1v) is 22.8. The van der Waals surface area contributed by atoms with E-state index in [2.05, 4.69) is 12.6 Å². The van der Waals surface area contributed by atoms with Gasteiger partial charge in [-0.15, -0.1) is 0 Å². The molecule has 0 amide bonds. The monoisotopic (exact) mass is 931 g/mol. The summed E-state index contributed by atoms with van der Waals surface area (Å²) in [7, 11) is 0. The van der Waals surface area contributed by atoms with Gasteiger partial charge in [0.2, 0.25) is 0 Å². The van der Waals surface area contributed by atoms with Crippen LogP contribution in [0.25, 0.3) is 0 Å². The number of carbonyl (C=O) groups excluding carboxylic acids is 4. The molecule has 20 nitrogen and oxygen atoms in total. The van der Waals surface area contributed by atoms with Gasteiger partial charge in [0.05, 0.1) is 163 Å². The molecule has 0 saturated heterocycles. The van der Waals surface area contributed by atoms with E-state index in [0.717, 1.165) is 0 Å². The minimum Gasteiger partial charge on any atom is -0.379 e. The smallest absolute Gasteiger partial charge is 0.150 e. The summed E-state index contributed by atoms with van der Waals surface area (Å²) in [4.78, 5) is 45.9. The number of Topliss-reactive ketones (excluding diaryl/α,β-unsaturated/α-hetero) is 4. The van der Waals surface area contributed by atoms with Gasteiger partial charge in [0.15, 0.2) is 0 Å². The molecule has 8 N–H and O–H groups in total. The van der Waals surface area contributed by atoms with Gasteiger partial charge in [0.1, 0.15) is 23.1 Å². The van der Waals surface area contributed by atoms with Crippen molar-refractivity contribution in [2.45, 2.75) is 57.4 Å². The van der Waals surface area contributed by atoms with Gasteiger partial charge in [0, 0.05) is 57.9 Å². The van der Waals surface area contributed by atoms with E-state index in [4.69, 9.17) is 79.8 Å². The van der Waals surface area contributed by atoms with Crippen molar-refractivity contribution in [1.82, 2.24) is 0 Å². The number of carbonyl (C=O) groups is 4. The van der Waals surface area contributed by atoms with Crippen molar-refractivity contribution in [3.8, 4) is 0 Å². The maximum atomic E-state index is 11.8. The molecule has 21 heteroatoms. The fourth-order valence-corrected chi connectivity index (χ4v) is 5.42. The van der Waals surface area contributed by atoms with Crippen LogP contribution < -0.4 is 22.9 Å². The lowest BCUT2D eigenvalue weighted by Crippen LogP contribution is -2.43. The Balaban J connectivity index is 5.05. The summed E-state index contributed by atoms with van der Waals surface area (Å²) in [5.74, 6) is 0.320. The van der Waals surface area contributed by atoms with Crippen LogP contribution in [0.15, 0.2) is 0 Å². The van der Waals surface area contributed by atoms with E-state index in [1.54, 1.807) is 0 Å². The van der Waals surface area contributed by atoms with E-state index < -0.39 is 11.5 Å². The Kier molecular flexibility index (Phi) is 45.7. The topological polar surface area (TPSA) is 283 Å². The van der Waals surface area contributed by atoms with Gasteiger partial charge < -0.3 is 79.8 Å². The molecule has 0 saturated carbocycles. The van der Waals surface area contributed by atoms with Crippen LogP contribution in [0.1, 0.15) is 51.4 Å². The number of thiol groups is 1. The standard InChI is InChI=1S/C42H82N4O16S/c43-29-37(47)5-1-9-51-13-17-55-21-25-59-33-42(34-60-26-22-56-18-14-52-10-2-6-38(48)30-44,35-61-27-23-57-19-15-53-11-3-7-39(49)31-45)36-62-28-24-58-20-16-54-12-4-8-41(50)40(46)32-63/h40,63H,1-36,43-46H2. The van der Waals surface area contributed by atoms with E-state index in [-0.39, 0.29) is 69.2 Å². The Morgan fingerprint density at radius 3 is 0.825 bits per heavy atom. The van der Waals surface area contributed by atoms with Crippen LogP contribution in [0.5, 0.6) is 0 Å². The summed E-state index contributed by atoms with van der Waals surface area (Å²) in [5.41, 5.74) is 21.0. The first kappa shape index (κ1) is 61.4. The third-order valence-electron chi connectivity index (χ3n) is 8.85. The lowest BCUT2D eigenvalue weighted by Gasteiger charge is -2.33. The zero-order valence-electron chi connectivity index (χ0n) is 37.8. The molecule has 0 aliphatic carbocycles. The number of hydrogen-bond donors (Lipinski definition) is 5. The molecule has 0 bridgehead atoms. The minimum absolute atomic E-state index is 0.00837. The highest BCUT2D eigenvalue weighted by atomic mass is 32.1. The molecule has 0 aromatic heterocycles. The van der Waals surface area contributed by atoms with Crippen LogP contribution in [0.4, 0.5) is 0 Å². The van der Waals surface area contributed by atoms with Gasteiger partial charge in [-0.25, -0.2) is 0 Å². The molecule has 1 unspecified atom stereocenters. The molecule has 0 aromatic carbocycles. The maximum Gasteiger partial charge on any atom is 0.150 e. The molecule has 0 aliphatic heterocycles. The Morgan fingerprint density at radius 2 is 0.587 bits per heavy atom. The van der Waals surface area contributed by atoms with Crippen molar-refractivity contribution < 1.29 is 76.0 Å².